The Morgan fingerprint density at radius 1 is 1.03 bits per heavy atom. The van der Waals surface area contributed by atoms with Gasteiger partial charge in [0.2, 0.25) is 5.91 Å². The molecule has 0 saturated carbocycles. The third-order valence-corrected chi connectivity index (χ3v) is 5.22. The first-order valence-corrected chi connectivity index (χ1v) is 9.88. The first kappa shape index (κ1) is 19.1. The van der Waals surface area contributed by atoms with Crippen LogP contribution in [0, 0.1) is 5.82 Å². The molecule has 6 nitrogen and oxygen atoms in total. The third-order valence-electron chi connectivity index (χ3n) is 5.22. The van der Waals surface area contributed by atoms with Crippen LogP contribution in [0.2, 0.25) is 0 Å². The maximum atomic E-state index is 14.5. The standard InChI is InChI=1S/C22H23FN4O2/c23-17-9-6-10-19(26-13-4-5-14-26)21(17)24-22(29)18-11-12-20(28)27(25-18)15-16-7-2-1-3-8-16/h1-3,6-10H,4-5,11-15H2,(H,24,29). The molecule has 0 bridgehead atoms. The molecule has 1 fully saturated rings. The van der Waals surface area contributed by atoms with Gasteiger partial charge in [0.25, 0.3) is 5.91 Å². The fourth-order valence-corrected chi connectivity index (χ4v) is 3.69. The molecule has 7 heteroatoms. The van der Waals surface area contributed by atoms with E-state index < -0.39 is 11.7 Å². The van der Waals surface area contributed by atoms with Gasteiger partial charge < -0.3 is 10.2 Å². The third kappa shape index (κ3) is 4.29. The number of amides is 2. The number of para-hydroxylation sites is 1. The van der Waals surface area contributed by atoms with Gasteiger partial charge in [-0.15, -0.1) is 0 Å². The predicted molar refractivity (Wildman–Crippen MR) is 110 cm³/mol. The number of hydrogen-bond donors (Lipinski definition) is 1. The summed E-state index contributed by atoms with van der Waals surface area (Å²) >= 11 is 0. The van der Waals surface area contributed by atoms with Gasteiger partial charge in [-0.05, 0) is 30.5 Å². The monoisotopic (exact) mass is 394 g/mol. The van der Waals surface area contributed by atoms with Crippen molar-refractivity contribution in [2.24, 2.45) is 5.10 Å². The molecule has 0 radical (unpaired) electrons. The van der Waals surface area contributed by atoms with Crippen LogP contribution in [0.25, 0.3) is 0 Å². The summed E-state index contributed by atoms with van der Waals surface area (Å²) in [6.07, 6.45) is 2.54. The van der Waals surface area contributed by atoms with Crippen LogP contribution in [0.15, 0.2) is 53.6 Å². The Hall–Kier alpha value is -3.22. The number of rotatable bonds is 5. The number of halogens is 1. The number of nitrogens with zero attached hydrogens (tertiary/aromatic N) is 3. The zero-order valence-electron chi connectivity index (χ0n) is 16.1. The molecule has 150 valence electrons. The number of anilines is 2. The van der Waals surface area contributed by atoms with Crippen LogP contribution in [0.1, 0.15) is 31.2 Å². The summed E-state index contributed by atoms with van der Waals surface area (Å²) in [5.41, 5.74) is 2.02. The number of hydrogen-bond acceptors (Lipinski definition) is 4. The summed E-state index contributed by atoms with van der Waals surface area (Å²) in [6, 6.07) is 14.3. The van der Waals surface area contributed by atoms with E-state index in [9.17, 15) is 14.0 Å². The zero-order chi connectivity index (χ0) is 20.2. The minimum absolute atomic E-state index is 0.131. The number of benzene rings is 2. The number of nitrogens with one attached hydrogen (secondary N) is 1. The second-order valence-electron chi connectivity index (χ2n) is 7.27. The Balaban J connectivity index is 1.54. The van der Waals surface area contributed by atoms with Gasteiger partial charge in [-0.3, -0.25) is 9.59 Å². The zero-order valence-corrected chi connectivity index (χ0v) is 16.1. The lowest BCUT2D eigenvalue weighted by Crippen LogP contribution is -2.36. The predicted octanol–water partition coefficient (Wildman–Crippen LogP) is 3.54. The second kappa shape index (κ2) is 8.43. The molecule has 2 aromatic rings. The maximum absolute atomic E-state index is 14.5. The lowest BCUT2D eigenvalue weighted by atomic mass is 10.1. The summed E-state index contributed by atoms with van der Waals surface area (Å²) in [5, 5.41) is 8.28. The molecule has 2 heterocycles. The van der Waals surface area contributed by atoms with Crippen molar-refractivity contribution in [1.29, 1.82) is 0 Å². The lowest BCUT2D eigenvalue weighted by Gasteiger charge is -2.25. The van der Waals surface area contributed by atoms with Crippen LogP contribution in [0.5, 0.6) is 0 Å². The quantitative estimate of drug-likeness (QED) is 0.844. The molecule has 2 aromatic carbocycles. The molecular weight excluding hydrogens is 371 g/mol. The Kier molecular flexibility index (Phi) is 5.55. The van der Waals surface area contributed by atoms with Gasteiger partial charge in [-0.25, -0.2) is 9.40 Å². The van der Waals surface area contributed by atoms with Crippen LogP contribution < -0.4 is 10.2 Å². The molecule has 2 aliphatic heterocycles. The van der Waals surface area contributed by atoms with Crippen molar-refractivity contribution in [2.45, 2.75) is 32.2 Å². The first-order chi connectivity index (χ1) is 14.1. The van der Waals surface area contributed by atoms with Crippen molar-refractivity contribution >= 4 is 28.9 Å². The van der Waals surface area contributed by atoms with E-state index >= 15 is 0 Å². The molecule has 0 spiro atoms. The van der Waals surface area contributed by atoms with Crippen LogP contribution in [0.4, 0.5) is 15.8 Å². The van der Waals surface area contributed by atoms with Crippen molar-refractivity contribution in [2.75, 3.05) is 23.3 Å². The fraction of sp³-hybridized carbons (Fsp3) is 0.318. The SMILES string of the molecule is O=C(Nc1c(F)cccc1N1CCCC1)C1=NN(Cc2ccccc2)C(=O)CC1. The van der Waals surface area contributed by atoms with Gasteiger partial charge in [-0.2, -0.15) is 5.10 Å². The van der Waals surface area contributed by atoms with Crippen LogP contribution in [-0.4, -0.2) is 35.6 Å². The van der Waals surface area contributed by atoms with E-state index in [2.05, 4.69) is 15.3 Å². The Morgan fingerprint density at radius 2 is 1.79 bits per heavy atom. The molecule has 4 rings (SSSR count). The highest BCUT2D eigenvalue weighted by Crippen LogP contribution is 2.31. The van der Waals surface area contributed by atoms with Crippen molar-refractivity contribution in [1.82, 2.24) is 5.01 Å². The van der Waals surface area contributed by atoms with E-state index in [0.717, 1.165) is 31.5 Å². The number of carbonyl (C=O) groups is 2. The Morgan fingerprint density at radius 3 is 2.55 bits per heavy atom. The van der Waals surface area contributed by atoms with E-state index in [1.165, 1.54) is 11.1 Å². The van der Waals surface area contributed by atoms with Crippen LogP contribution in [-0.2, 0) is 16.1 Å². The van der Waals surface area contributed by atoms with Gasteiger partial charge in [0.1, 0.15) is 17.2 Å². The van der Waals surface area contributed by atoms with Gasteiger partial charge in [0, 0.05) is 25.9 Å². The maximum Gasteiger partial charge on any atom is 0.272 e. The van der Waals surface area contributed by atoms with E-state index in [4.69, 9.17) is 0 Å². The smallest absolute Gasteiger partial charge is 0.272 e. The average molecular weight is 394 g/mol. The van der Waals surface area contributed by atoms with Gasteiger partial charge >= 0.3 is 0 Å². The molecule has 0 unspecified atom stereocenters. The molecule has 0 atom stereocenters. The summed E-state index contributed by atoms with van der Waals surface area (Å²) in [4.78, 5) is 27.1. The molecular formula is C22H23FN4O2. The molecule has 0 aromatic heterocycles. The number of carbonyl (C=O) groups excluding carboxylic acids is 2. The van der Waals surface area contributed by atoms with Crippen molar-refractivity contribution in [3.8, 4) is 0 Å². The van der Waals surface area contributed by atoms with Crippen molar-refractivity contribution < 1.29 is 14.0 Å². The van der Waals surface area contributed by atoms with E-state index in [1.54, 1.807) is 6.07 Å². The lowest BCUT2D eigenvalue weighted by molar-refractivity contribution is -0.132. The molecule has 29 heavy (non-hydrogen) atoms. The van der Waals surface area contributed by atoms with Crippen LogP contribution >= 0.6 is 0 Å². The molecule has 1 saturated heterocycles. The van der Waals surface area contributed by atoms with Crippen LogP contribution in [0.3, 0.4) is 0 Å². The molecule has 2 aliphatic rings. The van der Waals surface area contributed by atoms with E-state index in [-0.39, 0.29) is 30.1 Å². The van der Waals surface area contributed by atoms with E-state index in [0.29, 0.717) is 12.2 Å². The normalized spacial score (nSPS) is 16.7. The average Bonchev–Trinajstić information content (AvgIpc) is 3.26. The highest BCUT2D eigenvalue weighted by atomic mass is 19.1. The van der Waals surface area contributed by atoms with E-state index in [1.807, 2.05) is 36.4 Å². The van der Waals surface area contributed by atoms with Gasteiger partial charge in [0.15, 0.2) is 0 Å². The molecule has 0 aliphatic carbocycles. The summed E-state index contributed by atoms with van der Waals surface area (Å²) < 4.78 is 14.5. The Labute approximate surface area is 169 Å². The topological polar surface area (TPSA) is 65.0 Å². The second-order valence-corrected chi connectivity index (χ2v) is 7.27. The highest BCUT2D eigenvalue weighted by molar-refractivity contribution is 6.43. The summed E-state index contributed by atoms with van der Waals surface area (Å²) in [6.45, 7) is 1.98. The minimum Gasteiger partial charge on any atom is -0.370 e. The minimum atomic E-state index is -0.476. The highest BCUT2D eigenvalue weighted by Gasteiger charge is 2.26. The molecule has 2 amide bonds. The van der Waals surface area contributed by atoms with Gasteiger partial charge in [0.05, 0.1) is 12.2 Å². The Bertz CT molecular complexity index is 939. The summed E-state index contributed by atoms with van der Waals surface area (Å²) in [7, 11) is 0. The van der Waals surface area contributed by atoms with Crippen molar-refractivity contribution in [3.63, 3.8) is 0 Å². The van der Waals surface area contributed by atoms with Crippen molar-refractivity contribution in [3.05, 3.63) is 59.9 Å². The number of hydrazone groups is 1. The molecule has 1 N–H and O–H groups in total. The largest absolute Gasteiger partial charge is 0.370 e. The van der Waals surface area contributed by atoms with Gasteiger partial charge in [-0.1, -0.05) is 36.4 Å². The fourth-order valence-electron chi connectivity index (χ4n) is 3.69. The first-order valence-electron chi connectivity index (χ1n) is 9.88. The summed E-state index contributed by atoms with van der Waals surface area (Å²) in [5.74, 6) is -1.08.